The fourth-order valence-electron chi connectivity index (χ4n) is 2.37. The normalized spacial score (nSPS) is 17.0. The molecule has 0 unspecified atom stereocenters. The number of halogens is 1. The number of β-amino-alcohol motifs (C(OH)–C–C–N with tert-alkyl or cyclic N) is 1. The Morgan fingerprint density at radius 3 is 2.57 bits per heavy atom. The molecule has 9 heteroatoms. The molecule has 0 atom stereocenters. The van der Waals surface area contributed by atoms with E-state index in [1.165, 1.54) is 0 Å². The van der Waals surface area contributed by atoms with Crippen molar-refractivity contribution in [2.75, 3.05) is 37.6 Å². The number of aliphatic hydroxyl groups is 1. The zero-order valence-electron chi connectivity index (χ0n) is 12.0. The van der Waals surface area contributed by atoms with Crippen molar-refractivity contribution in [3.63, 3.8) is 0 Å². The molecule has 0 saturated carbocycles. The number of nitro groups is 1. The van der Waals surface area contributed by atoms with Gasteiger partial charge in [0, 0.05) is 32.7 Å². The summed E-state index contributed by atoms with van der Waals surface area (Å²) in [6.07, 6.45) is 1.13. The van der Waals surface area contributed by atoms with Crippen molar-refractivity contribution in [3.8, 4) is 0 Å². The van der Waals surface area contributed by atoms with Crippen LogP contribution in [0.2, 0.25) is 5.28 Å². The minimum atomic E-state index is -0.758. The van der Waals surface area contributed by atoms with Crippen LogP contribution in [0.3, 0.4) is 0 Å². The van der Waals surface area contributed by atoms with Gasteiger partial charge in [0.2, 0.25) is 11.1 Å². The van der Waals surface area contributed by atoms with E-state index in [-0.39, 0.29) is 16.8 Å². The first-order chi connectivity index (χ1) is 9.76. The molecule has 1 aromatic heterocycles. The predicted octanol–water partition coefficient (Wildman–Crippen LogP) is 0.931. The first kappa shape index (κ1) is 15.9. The quantitative estimate of drug-likeness (QED) is 0.501. The van der Waals surface area contributed by atoms with Crippen molar-refractivity contribution < 1.29 is 10.0 Å². The van der Waals surface area contributed by atoms with Crippen molar-refractivity contribution in [1.82, 2.24) is 14.9 Å². The lowest BCUT2D eigenvalue weighted by Crippen LogP contribution is -2.50. The summed E-state index contributed by atoms with van der Waals surface area (Å²) in [4.78, 5) is 22.1. The highest BCUT2D eigenvalue weighted by atomic mass is 35.5. The monoisotopic (exact) mass is 315 g/mol. The average Bonchev–Trinajstić information content (AvgIpc) is 2.37. The number of rotatable bonds is 4. The molecule has 1 aliphatic heterocycles. The number of piperazine rings is 1. The Morgan fingerprint density at radius 2 is 2.05 bits per heavy atom. The van der Waals surface area contributed by atoms with Gasteiger partial charge >= 0.3 is 5.69 Å². The molecule has 21 heavy (non-hydrogen) atoms. The Labute approximate surface area is 127 Å². The van der Waals surface area contributed by atoms with E-state index in [1.54, 1.807) is 13.8 Å². The molecule has 0 spiro atoms. The average molecular weight is 316 g/mol. The lowest BCUT2D eigenvalue weighted by Gasteiger charge is -2.37. The van der Waals surface area contributed by atoms with Crippen LogP contribution in [0.1, 0.15) is 13.8 Å². The summed E-state index contributed by atoms with van der Waals surface area (Å²) in [6.45, 7) is 6.65. The maximum absolute atomic E-state index is 11.0. The van der Waals surface area contributed by atoms with Crippen molar-refractivity contribution in [2.45, 2.75) is 19.4 Å². The summed E-state index contributed by atoms with van der Waals surface area (Å²) in [6, 6.07) is 0. The minimum Gasteiger partial charge on any atom is -0.389 e. The van der Waals surface area contributed by atoms with Crippen molar-refractivity contribution in [1.29, 1.82) is 0 Å². The SMILES string of the molecule is CC(C)(O)CN1CCN(c2nc(Cl)ncc2[N+](=O)[O-])CC1. The third kappa shape index (κ3) is 4.23. The van der Waals surface area contributed by atoms with E-state index in [4.69, 9.17) is 11.6 Å². The summed E-state index contributed by atoms with van der Waals surface area (Å²) in [7, 11) is 0. The Bertz CT molecular complexity index is 526. The Morgan fingerprint density at radius 1 is 1.43 bits per heavy atom. The molecule has 2 rings (SSSR count). The smallest absolute Gasteiger partial charge is 0.329 e. The largest absolute Gasteiger partial charge is 0.389 e. The van der Waals surface area contributed by atoms with Crippen LogP contribution in [-0.2, 0) is 0 Å². The van der Waals surface area contributed by atoms with Gasteiger partial charge in [-0.15, -0.1) is 0 Å². The molecule has 0 aromatic carbocycles. The second kappa shape index (κ2) is 6.08. The van der Waals surface area contributed by atoms with E-state index in [2.05, 4.69) is 14.9 Å². The molecule has 1 aliphatic rings. The maximum atomic E-state index is 11.0. The van der Waals surface area contributed by atoms with Crippen molar-refractivity contribution >= 4 is 23.1 Å². The molecule has 0 aliphatic carbocycles. The van der Waals surface area contributed by atoms with Gasteiger partial charge < -0.3 is 10.0 Å². The van der Waals surface area contributed by atoms with Crippen LogP contribution in [0.5, 0.6) is 0 Å². The summed E-state index contributed by atoms with van der Waals surface area (Å²) >= 11 is 5.74. The number of nitrogens with zero attached hydrogens (tertiary/aromatic N) is 5. The Kier molecular flexibility index (Phi) is 4.60. The predicted molar refractivity (Wildman–Crippen MR) is 78.6 cm³/mol. The standard InChI is InChI=1S/C12H18ClN5O3/c1-12(2,19)8-16-3-5-17(6-4-16)10-9(18(20)21)7-14-11(13)15-10/h7,19H,3-6,8H2,1-2H3. The van der Waals surface area contributed by atoms with Gasteiger partial charge in [-0.1, -0.05) is 0 Å². The summed E-state index contributed by atoms with van der Waals surface area (Å²) < 4.78 is 0. The molecule has 1 aromatic rings. The number of anilines is 1. The zero-order chi connectivity index (χ0) is 15.6. The van der Waals surface area contributed by atoms with Gasteiger partial charge in [-0.2, -0.15) is 4.98 Å². The molecule has 0 amide bonds. The van der Waals surface area contributed by atoms with Gasteiger partial charge in [0.25, 0.3) is 0 Å². The lowest BCUT2D eigenvalue weighted by molar-refractivity contribution is -0.384. The van der Waals surface area contributed by atoms with E-state index in [0.717, 1.165) is 6.20 Å². The van der Waals surface area contributed by atoms with Crippen LogP contribution in [0.4, 0.5) is 11.5 Å². The number of hydrogen-bond donors (Lipinski definition) is 1. The summed E-state index contributed by atoms with van der Waals surface area (Å²) in [5, 5.41) is 20.9. The molecule has 0 bridgehead atoms. The van der Waals surface area contributed by atoms with E-state index in [9.17, 15) is 15.2 Å². The highest BCUT2D eigenvalue weighted by Gasteiger charge is 2.27. The van der Waals surface area contributed by atoms with Crippen LogP contribution in [0, 0.1) is 10.1 Å². The molecule has 1 fully saturated rings. The van der Waals surface area contributed by atoms with Crippen LogP contribution < -0.4 is 4.90 Å². The van der Waals surface area contributed by atoms with Gasteiger partial charge in [0.15, 0.2) is 0 Å². The molecule has 2 heterocycles. The third-order valence-electron chi connectivity index (χ3n) is 3.20. The fourth-order valence-corrected chi connectivity index (χ4v) is 2.50. The number of hydrogen-bond acceptors (Lipinski definition) is 7. The summed E-state index contributed by atoms with van der Waals surface area (Å²) in [5.74, 6) is 0.253. The molecular formula is C12H18ClN5O3. The van der Waals surface area contributed by atoms with Gasteiger partial charge in [-0.05, 0) is 25.4 Å². The van der Waals surface area contributed by atoms with E-state index in [0.29, 0.717) is 32.7 Å². The van der Waals surface area contributed by atoms with E-state index < -0.39 is 10.5 Å². The van der Waals surface area contributed by atoms with Crippen LogP contribution in [0.15, 0.2) is 6.20 Å². The van der Waals surface area contributed by atoms with Crippen molar-refractivity contribution in [3.05, 3.63) is 21.6 Å². The number of aromatic nitrogens is 2. The van der Waals surface area contributed by atoms with Crippen LogP contribution in [0.25, 0.3) is 0 Å². The summed E-state index contributed by atoms with van der Waals surface area (Å²) in [5.41, 5.74) is -0.901. The molecule has 1 saturated heterocycles. The molecule has 116 valence electrons. The Balaban J connectivity index is 2.09. The topological polar surface area (TPSA) is 95.6 Å². The van der Waals surface area contributed by atoms with Crippen molar-refractivity contribution in [2.24, 2.45) is 0 Å². The zero-order valence-corrected chi connectivity index (χ0v) is 12.7. The lowest BCUT2D eigenvalue weighted by atomic mass is 10.1. The fraction of sp³-hybridized carbons (Fsp3) is 0.667. The highest BCUT2D eigenvalue weighted by molar-refractivity contribution is 6.28. The van der Waals surface area contributed by atoms with Crippen LogP contribution >= 0.6 is 11.6 Å². The second-order valence-electron chi connectivity index (χ2n) is 5.68. The van der Waals surface area contributed by atoms with Gasteiger partial charge in [-0.3, -0.25) is 15.0 Å². The minimum absolute atomic E-state index is 0.00507. The first-order valence-corrected chi connectivity index (χ1v) is 7.01. The highest BCUT2D eigenvalue weighted by Crippen LogP contribution is 2.27. The van der Waals surface area contributed by atoms with E-state index >= 15 is 0 Å². The second-order valence-corrected chi connectivity index (χ2v) is 6.02. The molecule has 8 nitrogen and oxygen atoms in total. The maximum Gasteiger partial charge on any atom is 0.329 e. The Hall–Kier alpha value is -1.51. The molecule has 1 N–H and O–H groups in total. The van der Waals surface area contributed by atoms with Gasteiger partial charge in [-0.25, -0.2) is 4.98 Å². The third-order valence-corrected chi connectivity index (χ3v) is 3.38. The van der Waals surface area contributed by atoms with Gasteiger partial charge in [0.05, 0.1) is 10.5 Å². The van der Waals surface area contributed by atoms with Gasteiger partial charge in [0.1, 0.15) is 6.20 Å². The molecule has 0 radical (unpaired) electrons. The van der Waals surface area contributed by atoms with Crippen LogP contribution in [-0.4, -0.2) is 63.2 Å². The van der Waals surface area contributed by atoms with E-state index in [1.807, 2.05) is 4.90 Å². The molecular weight excluding hydrogens is 298 g/mol. The first-order valence-electron chi connectivity index (χ1n) is 6.63.